The summed E-state index contributed by atoms with van der Waals surface area (Å²) < 4.78 is 0. The molecule has 14 heavy (non-hydrogen) atoms. The number of pyridine rings is 1. The van der Waals surface area contributed by atoms with E-state index in [9.17, 15) is 4.79 Å². The monoisotopic (exact) mass is 183 g/mol. The van der Waals surface area contributed by atoms with E-state index in [-0.39, 0.29) is 0 Å². The van der Waals surface area contributed by atoms with Gasteiger partial charge in [0.2, 0.25) is 0 Å². The third-order valence-corrected chi connectivity index (χ3v) is 1.99. The van der Waals surface area contributed by atoms with E-state index in [2.05, 4.69) is 4.98 Å². The highest BCUT2D eigenvalue weighted by atomic mass is 16.1. The van der Waals surface area contributed by atoms with E-state index in [0.717, 1.165) is 22.8 Å². The summed E-state index contributed by atoms with van der Waals surface area (Å²) in [6, 6.07) is 9.79. The fraction of sp³-hybridized carbons (Fsp3) is 0. The lowest BCUT2D eigenvalue weighted by Crippen LogP contribution is -1.78. The van der Waals surface area contributed by atoms with Crippen LogP contribution < -0.4 is 0 Å². The molecule has 2 heteroatoms. The molecule has 0 radical (unpaired) electrons. The fourth-order valence-electron chi connectivity index (χ4n) is 1.35. The summed E-state index contributed by atoms with van der Waals surface area (Å²) in [4.78, 5) is 14.4. The van der Waals surface area contributed by atoms with Gasteiger partial charge in [-0.15, -0.1) is 0 Å². The minimum absolute atomic E-state index is 0.771. The van der Waals surface area contributed by atoms with Crippen LogP contribution in [0.4, 0.5) is 0 Å². The highest BCUT2D eigenvalue weighted by molar-refractivity contribution is 5.82. The van der Waals surface area contributed by atoms with Gasteiger partial charge in [0.05, 0.1) is 5.52 Å². The van der Waals surface area contributed by atoms with Gasteiger partial charge >= 0.3 is 0 Å². The van der Waals surface area contributed by atoms with Crippen LogP contribution in [0.15, 0.2) is 42.6 Å². The molecule has 1 aromatic carbocycles. The highest BCUT2D eigenvalue weighted by Gasteiger charge is 1.93. The first-order valence-corrected chi connectivity index (χ1v) is 4.37. The number of aromatic nitrogens is 1. The van der Waals surface area contributed by atoms with E-state index in [4.69, 9.17) is 0 Å². The summed E-state index contributed by atoms with van der Waals surface area (Å²) >= 11 is 0. The molecule has 68 valence electrons. The second-order valence-electron chi connectivity index (χ2n) is 2.95. The molecule has 0 saturated carbocycles. The third-order valence-electron chi connectivity index (χ3n) is 1.99. The molecule has 0 bridgehead atoms. The fourth-order valence-corrected chi connectivity index (χ4v) is 1.35. The summed E-state index contributed by atoms with van der Waals surface area (Å²) in [7, 11) is 0. The van der Waals surface area contributed by atoms with Gasteiger partial charge in [0.15, 0.2) is 0 Å². The molecule has 0 amide bonds. The number of nitrogens with zero attached hydrogens (tertiary/aromatic N) is 1. The van der Waals surface area contributed by atoms with Gasteiger partial charge in [-0.3, -0.25) is 9.78 Å². The van der Waals surface area contributed by atoms with Crippen molar-refractivity contribution in [3.05, 3.63) is 48.2 Å². The Morgan fingerprint density at radius 2 is 2.14 bits per heavy atom. The van der Waals surface area contributed by atoms with Crippen LogP contribution in [0.3, 0.4) is 0 Å². The molecule has 0 saturated heterocycles. The molecule has 1 aromatic heterocycles. The standard InChI is InChI=1S/C12H9NO/c14-8-2-3-10-5-6-12-11(9-10)4-1-7-13-12/h1-9H/b3-2+. The number of carbonyl (C=O) groups excluding carboxylic acids is 1. The van der Waals surface area contributed by atoms with Crippen LogP contribution in [0, 0.1) is 0 Å². The van der Waals surface area contributed by atoms with Crippen LogP contribution in [0.5, 0.6) is 0 Å². The Kier molecular flexibility index (Phi) is 2.36. The molecule has 2 nitrogen and oxygen atoms in total. The number of benzene rings is 1. The molecule has 1 heterocycles. The first-order chi connectivity index (χ1) is 6.90. The first kappa shape index (κ1) is 8.63. The number of fused-ring (bicyclic) bond motifs is 1. The van der Waals surface area contributed by atoms with Crippen LogP contribution in [-0.2, 0) is 4.79 Å². The molecule has 0 fully saturated rings. The van der Waals surface area contributed by atoms with Gasteiger partial charge < -0.3 is 0 Å². The Balaban J connectivity index is 2.51. The largest absolute Gasteiger partial charge is 0.299 e. The minimum atomic E-state index is 0.771. The molecule has 0 aliphatic carbocycles. The lowest BCUT2D eigenvalue weighted by Gasteiger charge is -1.97. The zero-order valence-corrected chi connectivity index (χ0v) is 7.55. The molecule has 0 atom stereocenters. The number of allylic oxidation sites excluding steroid dienone is 1. The quantitative estimate of drug-likeness (QED) is 0.528. The lowest BCUT2D eigenvalue weighted by molar-refractivity contribution is -0.104. The second kappa shape index (κ2) is 3.83. The summed E-state index contributed by atoms with van der Waals surface area (Å²) in [5.74, 6) is 0. The van der Waals surface area contributed by atoms with E-state index in [1.807, 2.05) is 30.3 Å². The molecular weight excluding hydrogens is 174 g/mol. The molecule has 2 aromatic rings. The van der Waals surface area contributed by atoms with Gasteiger partial charge in [0.1, 0.15) is 6.29 Å². The first-order valence-electron chi connectivity index (χ1n) is 4.37. The van der Waals surface area contributed by atoms with Crippen LogP contribution in [0.25, 0.3) is 17.0 Å². The maximum Gasteiger partial charge on any atom is 0.142 e. The number of aldehydes is 1. The molecule has 0 N–H and O–H groups in total. The predicted octanol–water partition coefficient (Wildman–Crippen LogP) is 2.45. The number of rotatable bonds is 2. The molecule has 2 rings (SSSR count). The second-order valence-corrected chi connectivity index (χ2v) is 2.95. The molecular formula is C12H9NO. The van der Waals surface area contributed by atoms with Gasteiger partial charge in [-0.05, 0) is 29.8 Å². The molecule has 0 unspecified atom stereocenters. The number of carbonyl (C=O) groups is 1. The van der Waals surface area contributed by atoms with E-state index < -0.39 is 0 Å². The Hall–Kier alpha value is -1.96. The van der Waals surface area contributed by atoms with E-state index in [1.54, 1.807) is 12.3 Å². The predicted molar refractivity (Wildman–Crippen MR) is 56.8 cm³/mol. The Morgan fingerprint density at radius 3 is 3.00 bits per heavy atom. The zero-order valence-electron chi connectivity index (χ0n) is 7.55. The van der Waals surface area contributed by atoms with Crippen molar-refractivity contribution in [1.82, 2.24) is 4.98 Å². The summed E-state index contributed by atoms with van der Waals surface area (Å²) in [6.07, 6.45) is 5.80. The smallest absolute Gasteiger partial charge is 0.142 e. The van der Waals surface area contributed by atoms with Crippen LogP contribution >= 0.6 is 0 Å². The van der Waals surface area contributed by atoms with Crippen molar-refractivity contribution in [1.29, 1.82) is 0 Å². The maximum atomic E-state index is 10.1. The minimum Gasteiger partial charge on any atom is -0.299 e. The van der Waals surface area contributed by atoms with Crippen molar-refractivity contribution in [3.63, 3.8) is 0 Å². The van der Waals surface area contributed by atoms with Crippen LogP contribution in [0.1, 0.15) is 5.56 Å². The van der Waals surface area contributed by atoms with Gasteiger partial charge in [0.25, 0.3) is 0 Å². The molecule has 0 aliphatic rings. The van der Waals surface area contributed by atoms with Crippen LogP contribution in [0.2, 0.25) is 0 Å². The highest BCUT2D eigenvalue weighted by Crippen LogP contribution is 2.13. The summed E-state index contributed by atoms with van der Waals surface area (Å²) in [6.45, 7) is 0. The van der Waals surface area contributed by atoms with Crippen LogP contribution in [-0.4, -0.2) is 11.3 Å². The molecule has 0 aliphatic heterocycles. The third kappa shape index (κ3) is 1.69. The Bertz CT molecular complexity index is 488. The van der Waals surface area contributed by atoms with E-state index in [1.165, 1.54) is 6.08 Å². The average Bonchev–Trinajstić information content (AvgIpc) is 2.26. The lowest BCUT2D eigenvalue weighted by atomic mass is 10.1. The number of hydrogen-bond acceptors (Lipinski definition) is 2. The van der Waals surface area contributed by atoms with E-state index in [0.29, 0.717) is 0 Å². The van der Waals surface area contributed by atoms with Crippen molar-refractivity contribution in [2.45, 2.75) is 0 Å². The Labute approximate surface area is 81.9 Å². The van der Waals surface area contributed by atoms with Gasteiger partial charge in [-0.25, -0.2) is 0 Å². The maximum absolute atomic E-state index is 10.1. The van der Waals surface area contributed by atoms with Crippen molar-refractivity contribution < 1.29 is 4.79 Å². The normalized spacial score (nSPS) is 10.9. The van der Waals surface area contributed by atoms with Gasteiger partial charge in [-0.1, -0.05) is 18.2 Å². The number of hydrogen-bond donors (Lipinski definition) is 0. The van der Waals surface area contributed by atoms with Crippen molar-refractivity contribution in [3.8, 4) is 0 Å². The van der Waals surface area contributed by atoms with Crippen molar-refractivity contribution in [2.75, 3.05) is 0 Å². The van der Waals surface area contributed by atoms with Crippen molar-refractivity contribution in [2.24, 2.45) is 0 Å². The summed E-state index contributed by atoms with van der Waals surface area (Å²) in [5, 5.41) is 1.08. The van der Waals surface area contributed by atoms with Gasteiger partial charge in [-0.2, -0.15) is 0 Å². The Morgan fingerprint density at radius 1 is 1.21 bits per heavy atom. The molecule has 0 spiro atoms. The van der Waals surface area contributed by atoms with E-state index >= 15 is 0 Å². The van der Waals surface area contributed by atoms with Crippen molar-refractivity contribution >= 4 is 23.3 Å². The topological polar surface area (TPSA) is 30.0 Å². The zero-order chi connectivity index (χ0) is 9.80. The summed E-state index contributed by atoms with van der Waals surface area (Å²) in [5.41, 5.74) is 1.98. The average molecular weight is 183 g/mol. The van der Waals surface area contributed by atoms with Gasteiger partial charge in [0, 0.05) is 11.6 Å². The SMILES string of the molecule is O=C/C=C/c1ccc2ncccc2c1.